The Balaban J connectivity index is 2.07. The first kappa shape index (κ1) is 27.6. The first-order chi connectivity index (χ1) is 18.1. The van der Waals surface area contributed by atoms with Crippen molar-refractivity contribution in [3.05, 3.63) is 119 Å². The van der Waals surface area contributed by atoms with Crippen molar-refractivity contribution >= 4 is 37.1 Å². The number of benzene rings is 4. The highest BCUT2D eigenvalue weighted by molar-refractivity contribution is 7.81. The minimum absolute atomic E-state index is 0.519. The molecule has 0 fully saturated rings. The van der Waals surface area contributed by atoms with Crippen LogP contribution in [0.2, 0.25) is 0 Å². The third-order valence-corrected chi connectivity index (χ3v) is 9.28. The molecule has 0 aromatic heterocycles. The first-order valence-corrected chi connectivity index (χ1v) is 13.0. The maximum Gasteiger partial charge on any atom is 0.200 e. The molecular weight excluding hydrogens is 564 g/mol. The van der Waals surface area contributed by atoms with Crippen LogP contribution in [0.4, 0.5) is 43.9 Å². The van der Waals surface area contributed by atoms with Crippen LogP contribution in [0, 0.1) is 69.5 Å². The molecule has 0 unspecified atom stereocenters. The molecule has 0 saturated carbocycles. The van der Waals surface area contributed by atoms with Crippen molar-refractivity contribution in [2.45, 2.75) is 0 Å². The second-order valence-corrected chi connectivity index (χ2v) is 11.1. The van der Waals surface area contributed by atoms with E-state index in [0.29, 0.717) is 10.6 Å². The zero-order chi connectivity index (χ0) is 27.7. The van der Waals surface area contributed by atoms with E-state index in [1.807, 2.05) is 0 Å². The molecule has 0 aliphatic rings. The van der Waals surface area contributed by atoms with Crippen molar-refractivity contribution in [2.75, 3.05) is 0 Å². The van der Waals surface area contributed by atoms with Crippen LogP contribution in [0.15, 0.2) is 60.7 Å². The van der Waals surface area contributed by atoms with Gasteiger partial charge in [-0.25, -0.2) is 43.9 Å². The van der Waals surface area contributed by atoms with Crippen molar-refractivity contribution in [1.82, 2.24) is 0 Å². The van der Waals surface area contributed by atoms with E-state index >= 15 is 0 Å². The summed E-state index contributed by atoms with van der Waals surface area (Å²) in [5.74, 6) is -25.0. The normalized spacial score (nSPS) is 11.2. The van der Waals surface area contributed by atoms with Gasteiger partial charge in [-0.05, 0) is 10.6 Å². The molecule has 0 amide bonds. The first-order valence-electron chi connectivity index (χ1n) is 10.3. The molecule has 0 aliphatic heterocycles. The lowest BCUT2D eigenvalue weighted by atomic mass is 10.3. The smallest absolute Gasteiger partial charge is 0.200 e. The van der Waals surface area contributed by atoms with E-state index in [0.717, 1.165) is 0 Å². The molecule has 38 heavy (non-hydrogen) atoms. The molecule has 0 nitrogen and oxygen atoms in total. The van der Waals surface area contributed by atoms with Gasteiger partial charge in [-0.15, -0.1) is 0 Å². The molecule has 0 spiro atoms. The van der Waals surface area contributed by atoms with E-state index in [-0.39, 0.29) is 0 Å². The molecule has 4 aromatic rings. The Morgan fingerprint density at radius 2 is 0.605 bits per heavy atom. The summed E-state index contributed by atoms with van der Waals surface area (Å²) in [4.78, 5) is 0. The van der Waals surface area contributed by atoms with E-state index in [4.69, 9.17) is 0 Å². The molecule has 0 radical (unpaired) electrons. The van der Waals surface area contributed by atoms with Gasteiger partial charge in [0.2, 0.25) is 11.6 Å². The Morgan fingerprint density at radius 1 is 0.342 bits per heavy atom. The summed E-state index contributed by atoms with van der Waals surface area (Å²) in [6, 6.07) is 16.2. The van der Waals surface area contributed by atoms with Crippen LogP contribution in [0.25, 0.3) is 0 Å². The molecule has 0 atom stereocenters. The van der Waals surface area contributed by atoms with Gasteiger partial charge in [0.05, 0.1) is 10.6 Å². The molecule has 4 rings (SSSR count). The van der Waals surface area contributed by atoms with Crippen LogP contribution in [-0.2, 0) is 0 Å². The lowest BCUT2D eigenvalue weighted by Crippen LogP contribution is -2.28. The summed E-state index contributed by atoms with van der Waals surface area (Å²) in [5, 5.41) is -2.57. The standard InChI is InChI=1S/C26H10F10P2/c27-15-17(29)21(33)25(22(34)18(15)30)38(26-23(35)19(31)16(28)20(32)24(26)36)12-11-37(13-7-3-1-4-8-13)14-9-5-2-6-10-14/h1-10H. The number of hydrogen-bond donors (Lipinski definition) is 0. The Bertz CT molecular complexity index is 1410. The molecule has 12 heteroatoms. The van der Waals surface area contributed by atoms with Crippen LogP contribution >= 0.6 is 15.8 Å². The molecule has 0 saturated heterocycles. The highest BCUT2D eigenvalue weighted by Gasteiger charge is 2.37. The van der Waals surface area contributed by atoms with Gasteiger partial charge >= 0.3 is 0 Å². The van der Waals surface area contributed by atoms with Gasteiger partial charge in [0, 0.05) is 15.8 Å². The minimum atomic E-state index is -3.68. The predicted molar refractivity (Wildman–Crippen MR) is 126 cm³/mol. The van der Waals surface area contributed by atoms with Crippen LogP contribution in [0.3, 0.4) is 0 Å². The van der Waals surface area contributed by atoms with Gasteiger partial charge < -0.3 is 0 Å². The molecule has 0 heterocycles. The highest BCUT2D eigenvalue weighted by atomic mass is 31.1. The van der Waals surface area contributed by atoms with E-state index in [1.54, 1.807) is 60.7 Å². The highest BCUT2D eigenvalue weighted by Crippen LogP contribution is 2.42. The largest absolute Gasteiger partial charge is 0.203 e. The van der Waals surface area contributed by atoms with Crippen LogP contribution in [-0.4, -0.2) is 0 Å². The SMILES string of the molecule is Fc1c(F)c(F)c(P(C#CP(c2ccccc2)c2ccccc2)c2c(F)c(F)c(F)c(F)c2F)c(F)c1F. The van der Waals surface area contributed by atoms with Gasteiger partial charge in [0.25, 0.3) is 0 Å². The average Bonchev–Trinajstić information content (AvgIpc) is 2.94. The van der Waals surface area contributed by atoms with Crippen molar-refractivity contribution in [3.8, 4) is 11.3 Å². The third-order valence-electron chi connectivity index (χ3n) is 5.12. The Hall–Kier alpha value is -3.40. The summed E-state index contributed by atoms with van der Waals surface area (Å²) in [6.07, 6.45) is 0. The van der Waals surface area contributed by atoms with Crippen LogP contribution in [0.5, 0.6) is 0 Å². The predicted octanol–water partition coefficient (Wildman–Crippen LogP) is 6.56. The maximum absolute atomic E-state index is 14.8. The Kier molecular flexibility index (Phi) is 8.10. The Morgan fingerprint density at radius 3 is 0.921 bits per heavy atom. The van der Waals surface area contributed by atoms with E-state index < -0.39 is 84.6 Å². The second-order valence-electron chi connectivity index (χ2n) is 7.40. The van der Waals surface area contributed by atoms with Crippen molar-refractivity contribution in [1.29, 1.82) is 0 Å². The van der Waals surface area contributed by atoms with Crippen LogP contribution < -0.4 is 21.2 Å². The number of halogens is 10. The van der Waals surface area contributed by atoms with Gasteiger partial charge in [0.15, 0.2) is 46.5 Å². The fraction of sp³-hybridized carbons (Fsp3) is 0. The van der Waals surface area contributed by atoms with Crippen LogP contribution in [0.1, 0.15) is 0 Å². The van der Waals surface area contributed by atoms with E-state index in [2.05, 4.69) is 11.3 Å². The molecule has 0 aliphatic carbocycles. The molecule has 194 valence electrons. The van der Waals surface area contributed by atoms with Gasteiger partial charge in [0.1, 0.15) is 0 Å². The zero-order valence-electron chi connectivity index (χ0n) is 18.4. The molecular formula is C26H10F10P2. The minimum Gasteiger partial charge on any atom is -0.203 e. The summed E-state index contributed by atoms with van der Waals surface area (Å²) < 4.78 is 143. The monoisotopic (exact) mass is 574 g/mol. The summed E-state index contributed by atoms with van der Waals surface area (Å²) in [7, 11) is -5.48. The van der Waals surface area contributed by atoms with E-state index in [1.165, 1.54) is 0 Å². The lowest BCUT2D eigenvalue weighted by molar-refractivity contribution is 0.383. The Labute approximate surface area is 211 Å². The summed E-state index contributed by atoms with van der Waals surface area (Å²) >= 11 is 0. The van der Waals surface area contributed by atoms with Gasteiger partial charge in [-0.1, -0.05) is 72.0 Å². The lowest BCUT2D eigenvalue weighted by Gasteiger charge is -2.18. The number of hydrogen-bond acceptors (Lipinski definition) is 0. The maximum atomic E-state index is 14.8. The fourth-order valence-electron chi connectivity index (χ4n) is 3.34. The van der Waals surface area contributed by atoms with Crippen molar-refractivity contribution in [2.24, 2.45) is 0 Å². The van der Waals surface area contributed by atoms with Crippen molar-refractivity contribution in [3.63, 3.8) is 0 Å². The van der Waals surface area contributed by atoms with E-state index in [9.17, 15) is 43.9 Å². The second kappa shape index (κ2) is 11.1. The quantitative estimate of drug-likeness (QED) is 0.0852. The third kappa shape index (κ3) is 4.89. The van der Waals surface area contributed by atoms with Gasteiger partial charge in [-0.3, -0.25) is 0 Å². The van der Waals surface area contributed by atoms with Gasteiger partial charge in [-0.2, -0.15) is 0 Å². The summed E-state index contributed by atoms with van der Waals surface area (Å²) in [5.41, 5.74) is 4.70. The molecule has 0 bridgehead atoms. The fourth-order valence-corrected chi connectivity index (χ4v) is 7.26. The number of rotatable bonds is 4. The zero-order valence-corrected chi connectivity index (χ0v) is 20.2. The average molecular weight is 574 g/mol. The summed E-state index contributed by atoms with van der Waals surface area (Å²) in [6.45, 7) is 0. The molecule has 4 aromatic carbocycles. The van der Waals surface area contributed by atoms with Crippen molar-refractivity contribution < 1.29 is 43.9 Å². The topological polar surface area (TPSA) is 0 Å². The molecule has 0 N–H and O–H groups in total.